The monoisotopic (exact) mass is 378 g/mol. The van der Waals surface area contributed by atoms with E-state index in [2.05, 4.69) is 32.7 Å². The SMILES string of the molecule is O=C(NCC(=O)N1CCN(Cc2cccs2)CC1)c1cc(Cl)ccn1. The highest BCUT2D eigenvalue weighted by atomic mass is 35.5. The van der Waals surface area contributed by atoms with Gasteiger partial charge in [-0.2, -0.15) is 0 Å². The van der Waals surface area contributed by atoms with Crippen LogP contribution >= 0.6 is 22.9 Å². The van der Waals surface area contributed by atoms with Crippen molar-refractivity contribution in [3.05, 3.63) is 51.4 Å². The summed E-state index contributed by atoms with van der Waals surface area (Å²) in [5.41, 5.74) is 0.209. The van der Waals surface area contributed by atoms with Crippen LogP contribution in [-0.2, 0) is 11.3 Å². The van der Waals surface area contributed by atoms with Crippen molar-refractivity contribution < 1.29 is 9.59 Å². The number of carbonyl (C=O) groups is 2. The molecule has 2 aromatic rings. The Morgan fingerprint density at radius 3 is 2.72 bits per heavy atom. The number of pyridine rings is 1. The minimum Gasteiger partial charge on any atom is -0.342 e. The minimum atomic E-state index is -0.396. The van der Waals surface area contributed by atoms with Crippen molar-refractivity contribution in [3.63, 3.8) is 0 Å². The molecule has 1 fully saturated rings. The second kappa shape index (κ2) is 8.42. The number of hydrogen-bond donors (Lipinski definition) is 1. The molecule has 1 N–H and O–H groups in total. The van der Waals surface area contributed by atoms with Gasteiger partial charge in [0.05, 0.1) is 6.54 Å². The zero-order valence-electron chi connectivity index (χ0n) is 13.7. The van der Waals surface area contributed by atoms with Crippen molar-refractivity contribution in [1.82, 2.24) is 20.1 Å². The Hall–Kier alpha value is -1.96. The molecule has 6 nitrogen and oxygen atoms in total. The molecule has 0 aromatic carbocycles. The quantitative estimate of drug-likeness (QED) is 0.862. The molecule has 132 valence electrons. The van der Waals surface area contributed by atoms with Crippen LogP contribution in [0.4, 0.5) is 0 Å². The second-order valence-electron chi connectivity index (χ2n) is 5.78. The van der Waals surface area contributed by atoms with Crippen LogP contribution in [0.1, 0.15) is 15.4 Å². The van der Waals surface area contributed by atoms with Crippen molar-refractivity contribution in [2.24, 2.45) is 0 Å². The molecule has 0 unspecified atom stereocenters. The Bertz CT molecular complexity index is 730. The Balaban J connectivity index is 1.42. The van der Waals surface area contributed by atoms with Gasteiger partial charge in [-0.3, -0.25) is 19.5 Å². The number of thiophene rings is 1. The number of rotatable bonds is 5. The number of carbonyl (C=O) groups excluding carboxylic acids is 2. The molecule has 0 spiro atoms. The molecule has 1 aliphatic rings. The fourth-order valence-corrected chi connectivity index (χ4v) is 3.57. The Morgan fingerprint density at radius 2 is 2.04 bits per heavy atom. The third kappa shape index (κ3) is 5.01. The Labute approximate surface area is 155 Å². The van der Waals surface area contributed by atoms with E-state index in [1.165, 1.54) is 17.1 Å². The predicted octanol–water partition coefficient (Wildman–Crippen LogP) is 1.87. The van der Waals surface area contributed by atoms with Crippen LogP contribution in [0.3, 0.4) is 0 Å². The molecular weight excluding hydrogens is 360 g/mol. The summed E-state index contributed by atoms with van der Waals surface area (Å²) in [5.74, 6) is -0.474. The molecule has 0 saturated carbocycles. The maximum Gasteiger partial charge on any atom is 0.270 e. The van der Waals surface area contributed by atoms with Crippen LogP contribution in [-0.4, -0.2) is 59.3 Å². The summed E-state index contributed by atoms with van der Waals surface area (Å²) < 4.78 is 0. The van der Waals surface area contributed by atoms with E-state index < -0.39 is 5.91 Å². The van der Waals surface area contributed by atoms with Gasteiger partial charge in [-0.25, -0.2) is 0 Å². The van der Waals surface area contributed by atoms with Crippen LogP contribution in [0.25, 0.3) is 0 Å². The molecule has 0 bridgehead atoms. The first-order valence-electron chi connectivity index (χ1n) is 8.04. The van der Waals surface area contributed by atoms with E-state index in [4.69, 9.17) is 11.6 Å². The Morgan fingerprint density at radius 1 is 1.24 bits per heavy atom. The average molecular weight is 379 g/mol. The fraction of sp³-hybridized carbons (Fsp3) is 0.353. The van der Waals surface area contributed by atoms with Crippen molar-refractivity contribution >= 4 is 34.8 Å². The van der Waals surface area contributed by atoms with Crippen molar-refractivity contribution in [3.8, 4) is 0 Å². The van der Waals surface area contributed by atoms with E-state index in [0.717, 1.165) is 19.6 Å². The van der Waals surface area contributed by atoms with Gasteiger partial charge in [-0.15, -0.1) is 11.3 Å². The summed E-state index contributed by atoms with van der Waals surface area (Å²) >= 11 is 7.59. The molecule has 0 aliphatic carbocycles. The summed E-state index contributed by atoms with van der Waals surface area (Å²) in [5, 5.41) is 5.12. The molecule has 2 aromatic heterocycles. The van der Waals surface area contributed by atoms with Gasteiger partial charge in [0, 0.05) is 48.8 Å². The highest BCUT2D eigenvalue weighted by Gasteiger charge is 2.21. The molecular formula is C17H19ClN4O2S. The lowest BCUT2D eigenvalue weighted by Gasteiger charge is -2.34. The number of nitrogens with zero attached hydrogens (tertiary/aromatic N) is 3. The number of hydrogen-bond acceptors (Lipinski definition) is 5. The molecule has 0 radical (unpaired) electrons. The lowest BCUT2D eigenvalue weighted by atomic mass is 10.3. The molecule has 3 heterocycles. The fourth-order valence-electron chi connectivity index (χ4n) is 2.67. The van der Waals surface area contributed by atoms with E-state index in [-0.39, 0.29) is 18.1 Å². The molecule has 25 heavy (non-hydrogen) atoms. The molecule has 3 rings (SSSR count). The predicted molar refractivity (Wildman–Crippen MR) is 97.8 cm³/mol. The highest BCUT2D eigenvalue weighted by molar-refractivity contribution is 7.09. The van der Waals surface area contributed by atoms with Gasteiger partial charge in [0.1, 0.15) is 5.69 Å². The zero-order chi connectivity index (χ0) is 17.6. The van der Waals surface area contributed by atoms with Gasteiger partial charge in [0.25, 0.3) is 5.91 Å². The maximum absolute atomic E-state index is 12.3. The smallest absolute Gasteiger partial charge is 0.270 e. The van der Waals surface area contributed by atoms with Gasteiger partial charge in [-0.1, -0.05) is 17.7 Å². The van der Waals surface area contributed by atoms with Gasteiger partial charge < -0.3 is 10.2 Å². The van der Waals surface area contributed by atoms with Crippen LogP contribution in [0.15, 0.2) is 35.8 Å². The van der Waals surface area contributed by atoms with Crippen LogP contribution in [0.2, 0.25) is 5.02 Å². The van der Waals surface area contributed by atoms with E-state index in [0.29, 0.717) is 18.1 Å². The summed E-state index contributed by atoms with van der Waals surface area (Å²) in [6, 6.07) is 7.25. The van der Waals surface area contributed by atoms with Crippen molar-refractivity contribution in [2.45, 2.75) is 6.54 Å². The summed E-state index contributed by atoms with van der Waals surface area (Å²) in [4.78, 5) is 33.7. The van der Waals surface area contributed by atoms with Crippen LogP contribution in [0, 0.1) is 0 Å². The first kappa shape index (κ1) is 17.8. The van der Waals surface area contributed by atoms with E-state index >= 15 is 0 Å². The third-order valence-corrected chi connectivity index (χ3v) is 5.14. The standard InChI is InChI=1S/C17H19ClN4O2S/c18-13-3-4-19-15(10-13)17(24)20-11-16(23)22-7-5-21(6-8-22)12-14-2-1-9-25-14/h1-4,9-10H,5-8,11-12H2,(H,20,24). The number of aromatic nitrogens is 1. The van der Waals surface area contributed by atoms with E-state index in [1.807, 2.05) is 0 Å². The first-order chi connectivity index (χ1) is 12.1. The molecule has 8 heteroatoms. The number of nitrogens with one attached hydrogen (secondary N) is 1. The number of halogens is 1. The minimum absolute atomic E-state index is 0.0298. The van der Waals surface area contributed by atoms with Gasteiger partial charge in [-0.05, 0) is 23.6 Å². The van der Waals surface area contributed by atoms with Gasteiger partial charge in [0.15, 0.2) is 0 Å². The molecule has 1 aliphatic heterocycles. The molecule has 2 amide bonds. The van der Waals surface area contributed by atoms with Crippen molar-refractivity contribution in [2.75, 3.05) is 32.7 Å². The lowest BCUT2D eigenvalue weighted by molar-refractivity contribution is -0.131. The summed E-state index contributed by atoms with van der Waals surface area (Å²) in [7, 11) is 0. The van der Waals surface area contributed by atoms with Crippen LogP contribution < -0.4 is 5.32 Å². The van der Waals surface area contributed by atoms with Gasteiger partial charge in [0.2, 0.25) is 5.91 Å². The zero-order valence-corrected chi connectivity index (χ0v) is 15.2. The van der Waals surface area contributed by atoms with E-state index in [1.54, 1.807) is 22.3 Å². The highest BCUT2D eigenvalue weighted by Crippen LogP contribution is 2.13. The largest absolute Gasteiger partial charge is 0.342 e. The normalized spacial score (nSPS) is 15.2. The first-order valence-corrected chi connectivity index (χ1v) is 9.30. The second-order valence-corrected chi connectivity index (χ2v) is 7.25. The van der Waals surface area contributed by atoms with E-state index in [9.17, 15) is 9.59 Å². The summed E-state index contributed by atoms with van der Waals surface area (Å²) in [6.45, 7) is 3.93. The Kier molecular flexibility index (Phi) is 6.01. The van der Waals surface area contributed by atoms with Crippen LogP contribution in [0.5, 0.6) is 0 Å². The lowest BCUT2D eigenvalue weighted by Crippen LogP contribution is -2.50. The molecule has 0 atom stereocenters. The maximum atomic E-state index is 12.3. The number of piperazine rings is 1. The third-order valence-electron chi connectivity index (χ3n) is 4.04. The molecule has 1 saturated heterocycles. The summed E-state index contributed by atoms with van der Waals surface area (Å²) in [6.07, 6.45) is 1.46. The van der Waals surface area contributed by atoms with Crippen molar-refractivity contribution in [1.29, 1.82) is 0 Å². The van der Waals surface area contributed by atoms with Gasteiger partial charge >= 0.3 is 0 Å². The average Bonchev–Trinajstić information content (AvgIpc) is 3.13. The topological polar surface area (TPSA) is 65.5 Å². The number of amides is 2.